The maximum Gasteiger partial charge on any atom is 0.150 e. The number of rotatable bonds is 2. The Morgan fingerprint density at radius 3 is 2.78 bits per heavy atom. The third kappa shape index (κ3) is 1.70. The van der Waals surface area contributed by atoms with Crippen molar-refractivity contribution in [1.29, 1.82) is 0 Å². The number of anilines is 2. The standard InChI is InChI=1S/C14H24N4/c1-3-11-13(15)14(17(2)16-11)18-9-8-10-6-4-5-7-12(10)18/h10,12H,3-9,15H2,1-2H3. The maximum atomic E-state index is 6.29. The SMILES string of the molecule is CCc1nn(C)c(N2CCC3CCCCC32)c1N. The van der Waals surface area contributed by atoms with Gasteiger partial charge in [0.15, 0.2) is 5.82 Å². The zero-order chi connectivity index (χ0) is 12.7. The Hall–Kier alpha value is -1.19. The molecule has 3 rings (SSSR count). The lowest BCUT2D eigenvalue weighted by Crippen LogP contribution is -2.36. The van der Waals surface area contributed by atoms with Gasteiger partial charge in [0.1, 0.15) is 0 Å². The minimum absolute atomic E-state index is 0.709. The molecule has 1 aromatic rings. The summed E-state index contributed by atoms with van der Waals surface area (Å²) in [4.78, 5) is 2.53. The van der Waals surface area contributed by atoms with E-state index in [0.717, 1.165) is 30.3 Å². The van der Waals surface area contributed by atoms with E-state index in [0.29, 0.717) is 6.04 Å². The number of hydrogen-bond donors (Lipinski definition) is 1. The Balaban J connectivity index is 1.93. The van der Waals surface area contributed by atoms with Crippen LogP contribution in [0.3, 0.4) is 0 Å². The van der Waals surface area contributed by atoms with Gasteiger partial charge in [-0.25, -0.2) is 0 Å². The number of nitrogens with two attached hydrogens (primary N) is 1. The van der Waals surface area contributed by atoms with E-state index in [1.54, 1.807) is 0 Å². The van der Waals surface area contributed by atoms with Crippen LogP contribution in [0.15, 0.2) is 0 Å². The van der Waals surface area contributed by atoms with Crippen LogP contribution >= 0.6 is 0 Å². The van der Waals surface area contributed by atoms with E-state index in [4.69, 9.17) is 5.73 Å². The normalized spacial score (nSPS) is 27.6. The fourth-order valence-electron chi connectivity index (χ4n) is 3.86. The first kappa shape index (κ1) is 11.9. The number of aryl methyl sites for hydroxylation is 2. The fourth-order valence-corrected chi connectivity index (χ4v) is 3.86. The Bertz CT molecular complexity index is 437. The Labute approximate surface area is 109 Å². The van der Waals surface area contributed by atoms with E-state index in [1.807, 2.05) is 11.7 Å². The molecule has 0 spiro atoms. The van der Waals surface area contributed by atoms with Gasteiger partial charge in [-0.05, 0) is 31.6 Å². The van der Waals surface area contributed by atoms with Crippen molar-refractivity contribution in [2.45, 2.75) is 51.5 Å². The highest BCUT2D eigenvalue weighted by Crippen LogP contribution is 2.41. The van der Waals surface area contributed by atoms with Gasteiger partial charge >= 0.3 is 0 Å². The molecule has 2 fully saturated rings. The van der Waals surface area contributed by atoms with Crippen LogP contribution in [0.2, 0.25) is 0 Å². The Kier molecular flexibility index (Phi) is 2.96. The zero-order valence-corrected chi connectivity index (χ0v) is 11.5. The predicted molar refractivity (Wildman–Crippen MR) is 74.7 cm³/mol. The van der Waals surface area contributed by atoms with E-state index in [-0.39, 0.29) is 0 Å². The maximum absolute atomic E-state index is 6.29. The summed E-state index contributed by atoms with van der Waals surface area (Å²) in [6.45, 7) is 3.28. The second kappa shape index (κ2) is 4.48. The molecule has 4 heteroatoms. The van der Waals surface area contributed by atoms with Gasteiger partial charge in [0.2, 0.25) is 0 Å². The first-order valence-electron chi connectivity index (χ1n) is 7.30. The quantitative estimate of drug-likeness (QED) is 0.874. The van der Waals surface area contributed by atoms with Crippen LogP contribution in [0, 0.1) is 5.92 Å². The number of nitrogen functional groups attached to an aromatic ring is 1. The number of aromatic nitrogens is 2. The highest BCUT2D eigenvalue weighted by Gasteiger charge is 2.38. The first-order valence-corrected chi connectivity index (χ1v) is 7.30. The van der Waals surface area contributed by atoms with Crippen LogP contribution in [0.1, 0.15) is 44.7 Å². The highest BCUT2D eigenvalue weighted by molar-refractivity contribution is 5.67. The number of nitrogens with zero attached hydrogens (tertiary/aromatic N) is 3. The predicted octanol–water partition coefficient (Wildman–Crippen LogP) is 2.33. The van der Waals surface area contributed by atoms with Gasteiger partial charge in [-0.1, -0.05) is 19.8 Å². The Morgan fingerprint density at radius 2 is 2.06 bits per heavy atom. The van der Waals surface area contributed by atoms with Gasteiger partial charge in [-0.3, -0.25) is 4.68 Å². The molecule has 1 aliphatic carbocycles. The van der Waals surface area contributed by atoms with Crippen LogP contribution < -0.4 is 10.6 Å². The van der Waals surface area contributed by atoms with Crippen LogP contribution in [-0.2, 0) is 13.5 Å². The lowest BCUT2D eigenvalue weighted by Gasteiger charge is -2.33. The largest absolute Gasteiger partial charge is 0.394 e. The third-order valence-electron chi connectivity index (χ3n) is 4.75. The molecule has 1 saturated carbocycles. The lowest BCUT2D eigenvalue weighted by molar-refractivity contribution is 0.340. The molecular formula is C14H24N4. The molecule has 0 amide bonds. The minimum Gasteiger partial charge on any atom is -0.394 e. The van der Waals surface area contributed by atoms with Crippen molar-refractivity contribution in [3.05, 3.63) is 5.69 Å². The van der Waals surface area contributed by atoms with Crippen molar-refractivity contribution >= 4 is 11.5 Å². The van der Waals surface area contributed by atoms with Gasteiger partial charge in [-0.2, -0.15) is 5.10 Å². The van der Waals surface area contributed by atoms with Gasteiger partial charge in [0.25, 0.3) is 0 Å². The second-order valence-electron chi connectivity index (χ2n) is 5.76. The van der Waals surface area contributed by atoms with Crippen molar-refractivity contribution in [2.75, 3.05) is 17.2 Å². The summed E-state index contributed by atoms with van der Waals surface area (Å²) in [7, 11) is 2.03. The minimum atomic E-state index is 0.709. The van der Waals surface area contributed by atoms with Gasteiger partial charge < -0.3 is 10.6 Å². The van der Waals surface area contributed by atoms with Gasteiger partial charge in [0, 0.05) is 19.6 Å². The van der Waals surface area contributed by atoms with E-state index in [1.165, 1.54) is 37.9 Å². The summed E-state index contributed by atoms with van der Waals surface area (Å²) in [6.07, 6.45) is 7.76. The smallest absolute Gasteiger partial charge is 0.150 e. The molecule has 0 radical (unpaired) electrons. The first-order chi connectivity index (χ1) is 8.72. The molecule has 2 heterocycles. The van der Waals surface area contributed by atoms with Crippen LogP contribution in [-0.4, -0.2) is 22.4 Å². The monoisotopic (exact) mass is 248 g/mol. The topological polar surface area (TPSA) is 47.1 Å². The fraction of sp³-hybridized carbons (Fsp3) is 0.786. The molecule has 18 heavy (non-hydrogen) atoms. The molecular weight excluding hydrogens is 224 g/mol. The summed E-state index contributed by atoms with van der Waals surface area (Å²) in [5.74, 6) is 2.05. The van der Waals surface area contributed by atoms with E-state index >= 15 is 0 Å². The molecule has 0 aromatic carbocycles. The number of fused-ring (bicyclic) bond motifs is 1. The van der Waals surface area contributed by atoms with Crippen LogP contribution in [0.25, 0.3) is 0 Å². The molecule has 2 atom stereocenters. The summed E-state index contributed by atoms with van der Waals surface area (Å²) in [6, 6.07) is 0.709. The van der Waals surface area contributed by atoms with Gasteiger partial charge in [0.05, 0.1) is 11.4 Å². The third-order valence-corrected chi connectivity index (χ3v) is 4.75. The van der Waals surface area contributed by atoms with Crippen molar-refractivity contribution < 1.29 is 0 Å². The molecule has 2 N–H and O–H groups in total. The zero-order valence-electron chi connectivity index (χ0n) is 11.5. The van der Waals surface area contributed by atoms with Crippen LogP contribution in [0.5, 0.6) is 0 Å². The lowest BCUT2D eigenvalue weighted by atomic mass is 9.85. The average molecular weight is 248 g/mol. The van der Waals surface area contributed by atoms with Crippen molar-refractivity contribution in [2.24, 2.45) is 13.0 Å². The van der Waals surface area contributed by atoms with Crippen LogP contribution in [0.4, 0.5) is 11.5 Å². The molecule has 100 valence electrons. The molecule has 2 aliphatic rings. The summed E-state index contributed by atoms with van der Waals surface area (Å²) < 4.78 is 1.99. The van der Waals surface area contributed by atoms with E-state index in [2.05, 4.69) is 16.9 Å². The van der Waals surface area contributed by atoms with E-state index in [9.17, 15) is 0 Å². The average Bonchev–Trinajstić information content (AvgIpc) is 2.91. The molecule has 1 aromatic heterocycles. The molecule has 0 bridgehead atoms. The second-order valence-corrected chi connectivity index (χ2v) is 5.76. The van der Waals surface area contributed by atoms with Crippen molar-refractivity contribution in [3.63, 3.8) is 0 Å². The summed E-state index contributed by atoms with van der Waals surface area (Å²) in [5, 5.41) is 4.56. The van der Waals surface area contributed by atoms with Gasteiger partial charge in [-0.15, -0.1) is 0 Å². The summed E-state index contributed by atoms with van der Waals surface area (Å²) in [5.41, 5.74) is 8.25. The van der Waals surface area contributed by atoms with Crippen molar-refractivity contribution in [1.82, 2.24) is 9.78 Å². The number of hydrogen-bond acceptors (Lipinski definition) is 3. The molecule has 4 nitrogen and oxygen atoms in total. The summed E-state index contributed by atoms with van der Waals surface area (Å²) >= 11 is 0. The highest BCUT2D eigenvalue weighted by atomic mass is 15.4. The molecule has 1 saturated heterocycles. The molecule has 1 aliphatic heterocycles. The van der Waals surface area contributed by atoms with E-state index < -0.39 is 0 Å². The van der Waals surface area contributed by atoms with Crippen molar-refractivity contribution in [3.8, 4) is 0 Å². The Morgan fingerprint density at radius 1 is 1.28 bits per heavy atom. The molecule has 2 unspecified atom stereocenters.